The molecule has 0 saturated carbocycles. The zero-order chi connectivity index (χ0) is 17.4. The first-order valence-electron chi connectivity index (χ1n) is 7.38. The summed E-state index contributed by atoms with van der Waals surface area (Å²) in [5.41, 5.74) is 1.08. The molecule has 1 N–H and O–H groups in total. The van der Waals surface area contributed by atoms with Gasteiger partial charge in [-0.3, -0.25) is 9.59 Å². The number of amides is 1. The fraction of sp³-hybridized carbons (Fsp3) is 0.222. The molecular weight excluding hydrogens is 316 g/mol. The van der Waals surface area contributed by atoms with Crippen molar-refractivity contribution in [2.24, 2.45) is 0 Å². The first-order valence-corrected chi connectivity index (χ1v) is 7.38. The SMILES string of the molecule is O=C(COCc1ccccc1)CC(=O)NCc1ccc(F)cc1F. The molecule has 0 radical (unpaired) electrons. The molecule has 0 heterocycles. The van der Waals surface area contributed by atoms with E-state index in [1.54, 1.807) is 0 Å². The maximum absolute atomic E-state index is 13.4. The highest BCUT2D eigenvalue weighted by Gasteiger charge is 2.11. The highest BCUT2D eigenvalue weighted by atomic mass is 19.1. The Morgan fingerprint density at radius 3 is 2.50 bits per heavy atom. The van der Waals surface area contributed by atoms with Crippen molar-refractivity contribution in [1.82, 2.24) is 5.32 Å². The van der Waals surface area contributed by atoms with E-state index < -0.39 is 17.5 Å². The minimum absolute atomic E-state index is 0.108. The molecule has 0 aliphatic heterocycles. The molecule has 0 bridgehead atoms. The van der Waals surface area contributed by atoms with Gasteiger partial charge in [0.05, 0.1) is 13.0 Å². The Bertz CT molecular complexity index is 705. The molecule has 126 valence electrons. The summed E-state index contributed by atoms with van der Waals surface area (Å²) in [7, 11) is 0. The first kappa shape index (κ1) is 17.7. The van der Waals surface area contributed by atoms with Crippen molar-refractivity contribution in [3.8, 4) is 0 Å². The minimum Gasteiger partial charge on any atom is -0.369 e. The molecular formula is C18H17F2NO3. The second-order valence-electron chi connectivity index (χ2n) is 5.21. The smallest absolute Gasteiger partial charge is 0.227 e. The molecule has 0 aromatic heterocycles. The van der Waals surface area contributed by atoms with Gasteiger partial charge in [-0.2, -0.15) is 0 Å². The van der Waals surface area contributed by atoms with Crippen LogP contribution in [0.2, 0.25) is 0 Å². The van der Waals surface area contributed by atoms with Crippen molar-refractivity contribution >= 4 is 11.7 Å². The Kier molecular flexibility index (Phi) is 6.57. The van der Waals surface area contributed by atoms with Gasteiger partial charge >= 0.3 is 0 Å². The van der Waals surface area contributed by atoms with E-state index in [2.05, 4.69) is 5.32 Å². The minimum atomic E-state index is -0.743. The third kappa shape index (κ3) is 5.89. The lowest BCUT2D eigenvalue weighted by molar-refractivity contribution is -0.131. The Labute approximate surface area is 138 Å². The number of rotatable bonds is 8. The van der Waals surface area contributed by atoms with E-state index in [9.17, 15) is 18.4 Å². The summed E-state index contributed by atoms with van der Waals surface area (Å²) < 4.78 is 31.4. The van der Waals surface area contributed by atoms with E-state index >= 15 is 0 Å². The summed E-state index contributed by atoms with van der Waals surface area (Å²) in [6.45, 7) is 0.00527. The van der Waals surface area contributed by atoms with E-state index in [1.807, 2.05) is 30.3 Å². The van der Waals surface area contributed by atoms with Crippen LogP contribution in [-0.4, -0.2) is 18.3 Å². The molecule has 2 aromatic rings. The van der Waals surface area contributed by atoms with Gasteiger partial charge < -0.3 is 10.1 Å². The average Bonchev–Trinajstić information content (AvgIpc) is 2.55. The molecule has 0 spiro atoms. The van der Waals surface area contributed by atoms with Crippen LogP contribution in [0.3, 0.4) is 0 Å². The molecule has 2 rings (SSSR count). The number of ether oxygens (including phenoxy) is 1. The van der Waals surface area contributed by atoms with Crippen LogP contribution >= 0.6 is 0 Å². The Morgan fingerprint density at radius 1 is 1.04 bits per heavy atom. The van der Waals surface area contributed by atoms with Crippen LogP contribution in [0.15, 0.2) is 48.5 Å². The highest BCUT2D eigenvalue weighted by molar-refractivity contribution is 5.98. The molecule has 0 fully saturated rings. The molecule has 2 aromatic carbocycles. The lowest BCUT2D eigenvalue weighted by atomic mass is 10.2. The van der Waals surface area contributed by atoms with Crippen LogP contribution in [0.25, 0.3) is 0 Å². The lowest BCUT2D eigenvalue weighted by Gasteiger charge is -2.07. The summed E-state index contributed by atoms with van der Waals surface area (Å²) in [5, 5.41) is 2.42. The summed E-state index contributed by atoms with van der Waals surface area (Å²) in [4.78, 5) is 23.3. The summed E-state index contributed by atoms with van der Waals surface area (Å²) in [6, 6.07) is 12.4. The number of halogens is 2. The monoisotopic (exact) mass is 333 g/mol. The number of carbonyl (C=O) groups is 2. The van der Waals surface area contributed by atoms with E-state index in [-0.39, 0.29) is 37.5 Å². The fourth-order valence-corrected chi connectivity index (χ4v) is 2.01. The van der Waals surface area contributed by atoms with Crippen molar-refractivity contribution < 1.29 is 23.1 Å². The third-order valence-electron chi connectivity index (χ3n) is 3.22. The quantitative estimate of drug-likeness (QED) is 0.756. The molecule has 0 atom stereocenters. The van der Waals surface area contributed by atoms with Gasteiger partial charge in [0, 0.05) is 18.2 Å². The van der Waals surface area contributed by atoms with Crippen LogP contribution in [0.4, 0.5) is 8.78 Å². The van der Waals surface area contributed by atoms with Crippen LogP contribution in [-0.2, 0) is 27.5 Å². The van der Waals surface area contributed by atoms with E-state index in [1.165, 1.54) is 6.07 Å². The topological polar surface area (TPSA) is 55.4 Å². The number of benzene rings is 2. The number of nitrogens with one attached hydrogen (secondary N) is 1. The van der Waals surface area contributed by atoms with Gasteiger partial charge in [-0.1, -0.05) is 36.4 Å². The van der Waals surface area contributed by atoms with Crippen molar-refractivity contribution in [3.63, 3.8) is 0 Å². The molecule has 0 unspecified atom stereocenters. The number of hydrogen-bond acceptors (Lipinski definition) is 3. The predicted octanol–water partition coefficient (Wildman–Crippen LogP) is 2.76. The van der Waals surface area contributed by atoms with Gasteiger partial charge in [-0.25, -0.2) is 8.78 Å². The predicted molar refractivity (Wildman–Crippen MR) is 83.9 cm³/mol. The van der Waals surface area contributed by atoms with Crippen LogP contribution in [0, 0.1) is 11.6 Å². The van der Waals surface area contributed by atoms with Gasteiger partial charge in [-0.15, -0.1) is 0 Å². The van der Waals surface area contributed by atoms with Gasteiger partial charge in [0.2, 0.25) is 5.91 Å². The average molecular weight is 333 g/mol. The largest absolute Gasteiger partial charge is 0.369 e. The zero-order valence-electron chi connectivity index (χ0n) is 12.9. The van der Waals surface area contributed by atoms with Gasteiger partial charge in [0.25, 0.3) is 0 Å². The molecule has 1 amide bonds. The second kappa shape index (κ2) is 8.88. The molecule has 4 nitrogen and oxygen atoms in total. The number of hydrogen-bond donors (Lipinski definition) is 1. The molecule has 6 heteroatoms. The maximum atomic E-state index is 13.4. The summed E-state index contributed by atoms with van der Waals surface area (Å²) >= 11 is 0. The number of carbonyl (C=O) groups excluding carboxylic acids is 2. The Balaban J connectivity index is 1.68. The summed E-state index contributed by atoms with van der Waals surface area (Å²) in [6.07, 6.45) is -0.350. The summed E-state index contributed by atoms with van der Waals surface area (Å²) in [5.74, 6) is -2.34. The Hall–Kier alpha value is -2.60. The van der Waals surface area contributed by atoms with E-state index in [4.69, 9.17) is 4.74 Å². The molecule has 24 heavy (non-hydrogen) atoms. The van der Waals surface area contributed by atoms with Crippen LogP contribution < -0.4 is 5.32 Å². The van der Waals surface area contributed by atoms with Crippen molar-refractivity contribution in [2.45, 2.75) is 19.6 Å². The van der Waals surface area contributed by atoms with Crippen molar-refractivity contribution in [2.75, 3.05) is 6.61 Å². The number of ketones is 1. The first-order chi connectivity index (χ1) is 11.5. The molecule has 0 saturated heterocycles. The second-order valence-corrected chi connectivity index (χ2v) is 5.21. The van der Waals surface area contributed by atoms with E-state index in [0.29, 0.717) is 0 Å². The van der Waals surface area contributed by atoms with E-state index in [0.717, 1.165) is 17.7 Å². The third-order valence-corrected chi connectivity index (χ3v) is 3.22. The highest BCUT2D eigenvalue weighted by Crippen LogP contribution is 2.09. The van der Waals surface area contributed by atoms with Crippen LogP contribution in [0.1, 0.15) is 17.5 Å². The van der Waals surface area contributed by atoms with Gasteiger partial charge in [-0.05, 0) is 11.6 Å². The fourth-order valence-electron chi connectivity index (χ4n) is 2.01. The normalized spacial score (nSPS) is 10.4. The molecule has 0 aliphatic carbocycles. The maximum Gasteiger partial charge on any atom is 0.227 e. The van der Waals surface area contributed by atoms with Gasteiger partial charge in [0.15, 0.2) is 5.78 Å². The lowest BCUT2D eigenvalue weighted by Crippen LogP contribution is -2.27. The van der Waals surface area contributed by atoms with Crippen molar-refractivity contribution in [3.05, 3.63) is 71.3 Å². The van der Waals surface area contributed by atoms with Crippen LogP contribution in [0.5, 0.6) is 0 Å². The Morgan fingerprint density at radius 2 is 1.79 bits per heavy atom. The standard InChI is InChI=1S/C18H17F2NO3/c19-15-7-6-14(17(20)8-15)10-21-18(23)9-16(22)12-24-11-13-4-2-1-3-5-13/h1-8H,9-12H2,(H,21,23). The van der Waals surface area contributed by atoms with Gasteiger partial charge in [0.1, 0.15) is 18.2 Å². The zero-order valence-corrected chi connectivity index (χ0v) is 12.9. The number of Topliss-reactive ketones (excluding diaryl/α,β-unsaturated/α-hetero) is 1. The molecule has 0 aliphatic rings. The van der Waals surface area contributed by atoms with Crippen molar-refractivity contribution in [1.29, 1.82) is 0 Å².